The second kappa shape index (κ2) is 6.97. The Morgan fingerprint density at radius 2 is 1.71 bits per heavy atom. The van der Waals surface area contributed by atoms with Crippen molar-refractivity contribution >= 4 is 12.0 Å². The monoisotopic (exact) mass is 311 g/mol. The lowest BCUT2D eigenvalue weighted by molar-refractivity contribution is -0.143. The summed E-state index contributed by atoms with van der Waals surface area (Å²) in [7, 11) is 0. The summed E-state index contributed by atoms with van der Waals surface area (Å²) in [6, 6.07) is -2.18. The number of carbonyl (C=O) groups is 2. The maximum Gasteiger partial charge on any atom is 0.391 e. The van der Waals surface area contributed by atoms with Gasteiger partial charge >= 0.3 is 18.2 Å². The molecular weight excluding hydrogens is 291 g/mol. The molecule has 1 saturated heterocycles. The second-order valence-electron chi connectivity index (χ2n) is 5.21. The first kappa shape index (κ1) is 17.5. The zero-order chi connectivity index (χ0) is 16.2. The number of aliphatic carboxylic acids is 1. The van der Waals surface area contributed by atoms with Gasteiger partial charge in [-0.2, -0.15) is 13.2 Å². The summed E-state index contributed by atoms with van der Waals surface area (Å²) >= 11 is 0. The number of carbonyl (C=O) groups excluding carboxylic acids is 1. The number of rotatable bonds is 4. The topological polar surface area (TPSA) is 72.9 Å². The molecule has 2 N–H and O–H groups in total. The number of nitrogens with zero attached hydrogens (tertiary/aromatic N) is 2. The van der Waals surface area contributed by atoms with Crippen LogP contribution in [0.25, 0.3) is 0 Å². The minimum absolute atomic E-state index is 0.294. The molecule has 122 valence electrons. The first-order valence-electron chi connectivity index (χ1n) is 6.69. The van der Waals surface area contributed by atoms with Gasteiger partial charge in [0.1, 0.15) is 6.04 Å². The molecule has 0 spiro atoms. The van der Waals surface area contributed by atoms with E-state index in [1.807, 2.05) is 0 Å². The predicted octanol–water partition coefficient (Wildman–Crippen LogP) is 1.13. The van der Waals surface area contributed by atoms with Crippen LogP contribution in [-0.4, -0.2) is 71.3 Å². The van der Waals surface area contributed by atoms with Gasteiger partial charge in [0.25, 0.3) is 0 Å². The number of piperazine rings is 1. The number of hydrogen-bond donors (Lipinski definition) is 2. The molecule has 0 saturated carbocycles. The maximum absolute atomic E-state index is 12.2. The molecule has 0 aliphatic carbocycles. The van der Waals surface area contributed by atoms with Crippen molar-refractivity contribution in [2.45, 2.75) is 38.5 Å². The fraction of sp³-hybridized carbons (Fsp3) is 0.833. The minimum Gasteiger partial charge on any atom is -0.480 e. The molecule has 1 heterocycles. The molecule has 21 heavy (non-hydrogen) atoms. The molecule has 1 aliphatic rings. The summed E-state index contributed by atoms with van der Waals surface area (Å²) in [4.78, 5) is 25.8. The Bertz CT molecular complexity index is 382. The van der Waals surface area contributed by atoms with Crippen LogP contribution in [0.15, 0.2) is 0 Å². The quantitative estimate of drug-likeness (QED) is 0.816. The van der Waals surface area contributed by atoms with Gasteiger partial charge in [0.15, 0.2) is 0 Å². The molecule has 1 aliphatic heterocycles. The molecule has 2 amide bonds. The first-order valence-corrected chi connectivity index (χ1v) is 6.69. The van der Waals surface area contributed by atoms with Gasteiger partial charge in [-0.05, 0) is 13.8 Å². The molecule has 0 radical (unpaired) electrons. The van der Waals surface area contributed by atoms with Crippen LogP contribution < -0.4 is 5.32 Å². The van der Waals surface area contributed by atoms with E-state index in [9.17, 15) is 22.8 Å². The van der Waals surface area contributed by atoms with E-state index < -0.39 is 36.7 Å². The second-order valence-corrected chi connectivity index (χ2v) is 5.21. The molecule has 0 bridgehead atoms. The lowest BCUT2D eigenvalue weighted by Crippen LogP contribution is -2.56. The number of carboxylic acid groups (broad SMARTS) is 1. The standard InChI is InChI=1S/C12H20F3N3O3/c1-8(7-12(13,14)15)16-11(21)18-5-3-17(4-6-18)9(2)10(19)20/h8-9H,3-7H2,1-2H3,(H,16,21)(H,19,20). The smallest absolute Gasteiger partial charge is 0.391 e. The summed E-state index contributed by atoms with van der Waals surface area (Å²) in [6.07, 6.45) is -5.39. The Kier molecular flexibility index (Phi) is 5.82. The average molecular weight is 311 g/mol. The molecule has 2 unspecified atom stereocenters. The van der Waals surface area contributed by atoms with Gasteiger partial charge in [-0.1, -0.05) is 0 Å². The van der Waals surface area contributed by atoms with Gasteiger partial charge < -0.3 is 15.3 Å². The number of amides is 2. The predicted molar refractivity (Wildman–Crippen MR) is 68.9 cm³/mol. The third kappa shape index (κ3) is 5.78. The average Bonchev–Trinajstić information content (AvgIpc) is 2.35. The van der Waals surface area contributed by atoms with E-state index in [-0.39, 0.29) is 0 Å². The van der Waals surface area contributed by atoms with E-state index in [1.54, 1.807) is 11.8 Å². The van der Waals surface area contributed by atoms with Crippen molar-refractivity contribution in [1.29, 1.82) is 0 Å². The minimum atomic E-state index is -4.32. The van der Waals surface area contributed by atoms with Gasteiger partial charge in [0.05, 0.1) is 6.42 Å². The van der Waals surface area contributed by atoms with Crippen molar-refractivity contribution in [3.63, 3.8) is 0 Å². The molecule has 0 aromatic rings. The number of halogens is 3. The van der Waals surface area contributed by atoms with Crippen LogP contribution in [0, 0.1) is 0 Å². The number of carboxylic acids is 1. The molecular formula is C12H20F3N3O3. The lowest BCUT2D eigenvalue weighted by atomic mass is 10.2. The van der Waals surface area contributed by atoms with Crippen LogP contribution in [0.3, 0.4) is 0 Å². The Labute approximate surface area is 120 Å². The van der Waals surface area contributed by atoms with Crippen LogP contribution >= 0.6 is 0 Å². The first-order chi connectivity index (χ1) is 9.60. The van der Waals surface area contributed by atoms with Crippen LogP contribution in [0.4, 0.5) is 18.0 Å². The Morgan fingerprint density at radius 3 is 2.14 bits per heavy atom. The van der Waals surface area contributed by atoms with Crippen molar-refractivity contribution < 1.29 is 27.9 Å². The van der Waals surface area contributed by atoms with Crippen molar-refractivity contribution in [3.05, 3.63) is 0 Å². The van der Waals surface area contributed by atoms with Gasteiger partial charge in [0, 0.05) is 32.2 Å². The molecule has 9 heteroatoms. The number of urea groups is 1. The molecule has 2 atom stereocenters. The molecule has 1 fully saturated rings. The summed E-state index contributed by atoms with van der Waals surface area (Å²) in [6.45, 7) is 4.21. The Morgan fingerprint density at radius 1 is 1.19 bits per heavy atom. The highest BCUT2D eigenvalue weighted by Crippen LogP contribution is 2.21. The van der Waals surface area contributed by atoms with Crippen molar-refractivity contribution in [2.75, 3.05) is 26.2 Å². The van der Waals surface area contributed by atoms with E-state index in [2.05, 4.69) is 5.32 Å². The van der Waals surface area contributed by atoms with Crippen LogP contribution in [0.2, 0.25) is 0 Å². The molecule has 0 aromatic heterocycles. The van der Waals surface area contributed by atoms with Gasteiger partial charge in [-0.3, -0.25) is 9.69 Å². The molecule has 1 rings (SSSR count). The summed E-state index contributed by atoms with van der Waals surface area (Å²) in [5.41, 5.74) is 0. The molecule has 6 nitrogen and oxygen atoms in total. The van der Waals surface area contributed by atoms with Crippen molar-refractivity contribution in [2.24, 2.45) is 0 Å². The van der Waals surface area contributed by atoms with E-state index >= 15 is 0 Å². The van der Waals surface area contributed by atoms with Gasteiger partial charge in [0.2, 0.25) is 0 Å². The third-order valence-corrected chi connectivity index (χ3v) is 3.41. The van der Waals surface area contributed by atoms with Gasteiger partial charge in [-0.15, -0.1) is 0 Å². The van der Waals surface area contributed by atoms with Gasteiger partial charge in [-0.25, -0.2) is 4.79 Å². The highest BCUT2D eigenvalue weighted by Gasteiger charge is 2.32. The Hall–Kier alpha value is -1.51. The Balaban J connectivity index is 2.40. The SMILES string of the molecule is CC(CC(F)(F)F)NC(=O)N1CCN(C(C)C(=O)O)CC1. The summed E-state index contributed by atoms with van der Waals surface area (Å²) in [5.74, 6) is -0.938. The fourth-order valence-corrected chi connectivity index (χ4v) is 2.17. The van der Waals surface area contributed by atoms with E-state index in [4.69, 9.17) is 5.11 Å². The van der Waals surface area contributed by atoms with Crippen molar-refractivity contribution in [3.8, 4) is 0 Å². The largest absolute Gasteiger partial charge is 0.480 e. The van der Waals surface area contributed by atoms with Crippen LogP contribution in [0.1, 0.15) is 20.3 Å². The normalized spacial score (nSPS) is 20.0. The highest BCUT2D eigenvalue weighted by molar-refractivity contribution is 5.75. The number of alkyl halides is 3. The summed E-state index contributed by atoms with van der Waals surface area (Å²) in [5, 5.41) is 11.2. The zero-order valence-corrected chi connectivity index (χ0v) is 12.0. The number of hydrogen-bond acceptors (Lipinski definition) is 3. The van der Waals surface area contributed by atoms with Crippen LogP contribution in [-0.2, 0) is 4.79 Å². The van der Waals surface area contributed by atoms with Crippen LogP contribution in [0.5, 0.6) is 0 Å². The summed E-state index contributed by atoms with van der Waals surface area (Å²) < 4.78 is 36.6. The van der Waals surface area contributed by atoms with E-state index in [0.29, 0.717) is 26.2 Å². The molecule has 0 aromatic carbocycles. The zero-order valence-electron chi connectivity index (χ0n) is 12.0. The van der Waals surface area contributed by atoms with E-state index in [0.717, 1.165) is 0 Å². The maximum atomic E-state index is 12.2. The lowest BCUT2D eigenvalue weighted by Gasteiger charge is -2.37. The third-order valence-electron chi connectivity index (χ3n) is 3.41. The van der Waals surface area contributed by atoms with Crippen molar-refractivity contribution in [1.82, 2.24) is 15.1 Å². The highest BCUT2D eigenvalue weighted by atomic mass is 19.4. The fourth-order valence-electron chi connectivity index (χ4n) is 2.17. The number of nitrogens with one attached hydrogen (secondary N) is 1. The van der Waals surface area contributed by atoms with E-state index in [1.165, 1.54) is 11.8 Å².